The topological polar surface area (TPSA) is 29.3 Å². The highest BCUT2D eigenvalue weighted by Crippen LogP contribution is 2.16. The normalized spacial score (nSPS) is 11.6. The summed E-state index contributed by atoms with van der Waals surface area (Å²) in [5.74, 6) is 0. The van der Waals surface area contributed by atoms with Gasteiger partial charge < -0.3 is 10.6 Å². The van der Waals surface area contributed by atoms with Gasteiger partial charge in [-0.3, -0.25) is 0 Å². The lowest BCUT2D eigenvalue weighted by Gasteiger charge is -2.25. The third-order valence-electron chi connectivity index (χ3n) is 3.03. The van der Waals surface area contributed by atoms with Crippen molar-refractivity contribution in [2.75, 3.05) is 18.0 Å². The van der Waals surface area contributed by atoms with Crippen molar-refractivity contribution in [3.05, 3.63) is 29.8 Å². The van der Waals surface area contributed by atoms with E-state index in [9.17, 15) is 0 Å². The zero-order valence-electron chi connectivity index (χ0n) is 11.7. The molecule has 0 atom stereocenters. The van der Waals surface area contributed by atoms with Gasteiger partial charge in [-0.1, -0.05) is 17.7 Å². The largest absolute Gasteiger partial charge is 0.372 e. The first-order valence-electron chi connectivity index (χ1n) is 6.53. The number of hydrogen-bond donors (Lipinski definition) is 1. The average molecular weight is 234 g/mol. The van der Waals surface area contributed by atoms with Crippen molar-refractivity contribution >= 4 is 5.69 Å². The summed E-state index contributed by atoms with van der Waals surface area (Å²) in [5, 5.41) is 0. The lowest BCUT2D eigenvalue weighted by molar-refractivity contribution is 0.458. The number of nitrogens with zero attached hydrogens (tertiary/aromatic N) is 1. The minimum absolute atomic E-state index is 0.0489. The lowest BCUT2D eigenvalue weighted by atomic mass is 10.00. The van der Waals surface area contributed by atoms with Crippen LogP contribution in [0.4, 0.5) is 5.69 Å². The Morgan fingerprint density at radius 2 is 1.76 bits per heavy atom. The third kappa shape index (κ3) is 5.22. The molecule has 0 fully saturated rings. The fourth-order valence-electron chi connectivity index (χ4n) is 1.95. The molecule has 0 aliphatic rings. The summed E-state index contributed by atoms with van der Waals surface area (Å²) < 4.78 is 0. The van der Waals surface area contributed by atoms with Crippen LogP contribution in [0.1, 0.15) is 39.2 Å². The first-order valence-corrected chi connectivity index (χ1v) is 6.53. The molecule has 0 radical (unpaired) electrons. The van der Waals surface area contributed by atoms with E-state index in [2.05, 4.69) is 56.9 Å². The molecule has 0 amide bonds. The molecule has 96 valence electrons. The molecule has 1 rings (SSSR count). The van der Waals surface area contributed by atoms with Crippen molar-refractivity contribution in [2.45, 2.75) is 46.1 Å². The van der Waals surface area contributed by atoms with Crippen LogP contribution in [0.25, 0.3) is 0 Å². The fraction of sp³-hybridized carbons (Fsp3) is 0.600. The summed E-state index contributed by atoms with van der Waals surface area (Å²) in [6.45, 7) is 10.6. The summed E-state index contributed by atoms with van der Waals surface area (Å²) in [6, 6.07) is 8.74. The van der Waals surface area contributed by atoms with Gasteiger partial charge in [0, 0.05) is 24.3 Å². The van der Waals surface area contributed by atoms with Gasteiger partial charge in [-0.2, -0.15) is 0 Å². The Hall–Kier alpha value is -1.02. The van der Waals surface area contributed by atoms with Gasteiger partial charge in [0.1, 0.15) is 0 Å². The van der Waals surface area contributed by atoms with Crippen molar-refractivity contribution in [2.24, 2.45) is 5.73 Å². The molecule has 1 aromatic carbocycles. The van der Waals surface area contributed by atoms with Gasteiger partial charge in [-0.05, 0) is 52.7 Å². The van der Waals surface area contributed by atoms with Crippen LogP contribution in [0, 0.1) is 6.92 Å². The summed E-state index contributed by atoms with van der Waals surface area (Å²) in [6.07, 6.45) is 2.21. The van der Waals surface area contributed by atoms with E-state index >= 15 is 0 Å². The molecule has 0 aliphatic heterocycles. The molecule has 0 unspecified atom stereocenters. The van der Waals surface area contributed by atoms with E-state index in [1.807, 2.05) is 0 Å². The van der Waals surface area contributed by atoms with Gasteiger partial charge in [0.15, 0.2) is 0 Å². The molecule has 2 heteroatoms. The van der Waals surface area contributed by atoms with Crippen molar-refractivity contribution in [3.63, 3.8) is 0 Å². The SMILES string of the molecule is CCN(CCCC(C)(C)N)c1ccc(C)cc1. The Morgan fingerprint density at radius 1 is 1.18 bits per heavy atom. The highest BCUT2D eigenvalue weighted by atomic mass is 15.1. The molecule has 0 aromatic heterocycles. The quantitative estimate of drug-likeness (QED) is 0.818. The zero-order valence-corrected chi connectivity index (χ0v) is 11.7. The van der Waals surface area contributed by atoms with E-state index in [4.69, 9.17) is 5.73 Å². The second kappa shape index (κ2) is 6.06. The third-order valence-corrected chi connectivity index (χ3v) is 3.03. The second-order valence-corrected chi connectivity index (χ2v) is 5.51. The molecule has 0 heterocycles. The van der Waals surface area contributed by atoms with E-state index in [1.165, 1.54) is 11.3 Å². The van der Waals surface area contributed by atoms with Gasteiger partial charge in [0.2, 0.25) is 0 Å². The maximum Gasteiger partial charge on any atom is 0.0366 e. The van der Waals surface area contributed by atoms with Gasteiger partial charge in [-0.25, -0.2) is 0 Å². The van der Waals surface area contributed by atoms with Gasteiger partial charge >= 0.3 is 0 Å². The Labute approximate surface area is 106 Å². The maximum absolute atomic E-state index is 6.00. The minimum atomic E-state index is -0.0489. The zero-order chi connectivity index (χ0) is 12.9. The molecule has 0 spiro atoms. The Kier molecular flexibility index (Phi) is 5.01. The van der Waals surface area contributed by atoms with E-state index in [0.717, 1.165) is 25.9 Å². The standard InChI is InChI=1S/C15H26N2/c1-5-17(12-6-11-15(3,4)16)14-9-7-13(2)8-10-14/h7-10H,5-6,11-12,16H2,1-4H3. The van der Waals surface area contributed by atoms with Gasteiger partial charge in [0.05, 0.1) is 0 Å². The maximum atomic E-state index is 6.00. The Balaban J connectivity index is 2.51. The highest BCUT2D eigenvalue weighted by Gasteiger charge is 2.11. The van der Waals surface area contributed by atoms with Crippen LogP contribution >= 0.6 is 0 Å². The van der Waals surface area contributed by atoms with Gasteiger partial charge in [0.25, 0.3) is 0 Å². The van der Waals surface area contributed by atoms with Crippen molar-refractivity contribution in [1.82, 2.24) is 0 Å². The molecular weight excluding hydrogens is 208 g/mol. The number of aryl methyl sites for hydroxylation is 1. The van der Waals surface area contributed by atoms with Crippen molar-refractivity contribution in [1.29, 1.82) is 0 Å². The first-order chi connectivity index (χ1) is 7.92. The predicted molar refractivity (Wildman–Crippen MR) is 76.6 cm³/mol. The average Bonchev–Trinajstić information content (AvgIpc) is 2.24. The Morgan fingerprint density at radius 3 is 2.24 bits per heavy atom. The number of benzene rings is 1. The Bertz CT molecular complexity index is 322. The number of rotatable bonds is 6. The van der Waals surface area contributed by atoms with Crippen LogP contribution in [-0.4, -0.2) is 18.6 Å². The highest BCUT2D eigenvalue weighted by molar-refractivity contribution is 5.47. The molecule has 0 saturated heterocycles. The molecule has 0 bridgehead atoms. The summed E-state index contributed by atoms with van der Waals surface area (Å²) in [7, 11) is 0. The number of hydrogen-bond acceptors (Lipinski definition) is 2. The lowest BCUT2D eigenvalue weighted by Crippen LogP contribution is -2.33. The van der Waals surface area contributed by atoms with E-state index in [1.54, 1.807) is 0 Å². The summed E-state index contributed by atoms with van der Waals surface area (Å²) in [5.41, 5.74) is 8.58. The van der Waals surface area contributed by atoms with Crippen molar-refractivity contribution in [3.8, 4) is 0 Å². The molecule has 2 N–H and O–H groups in total. The van der Waals surface area contributed by atoms with Crippen LogP contribution in [0.15, 0.2) is 24.3 Å². The van der Waals surface area contributed by atoms with E-state index in [-0.39, 0.29) is 5.54 Å². The smallest absolute Gasteiger partial charge is 0.0366 e. The predicted octanol–water partition coefficient (Wildman–Crippen LogP) is 3.34. The monoisotopic (exact) mass is 234 g/mol. The molecule has 0 aliphatic carbocycles. The molecule has 0 saturated carbocycles. The van der Waals surface area contributed by atoms with Crippen LogP contribution in [0.3, 0.4) is 0 Å². The summed E-state index contributed by atoms with van der Waals surface area (Å²) in [4.78, 5) is 2.41. The molecular formula is C15H26N2. The van der Waals surface area contributed by atoms with Gasteiger partial charge in [-0.15, -0.1) is 0 Å². The van der Waals surface area contributed by atoms with E-state index < -0.39 is 0 Å². The van der Waals surface area contributed by atoms with Crippen LogP contribution in [-0.2, 0) is 0 Å². The molecule has 17 heavy (non-hydrogen) atoms. The first kappa shape index (κ1) is 14.0. The van der Waals surface area contributed by atoms with Crippen LogP contribution in [0.2, 0.25) is 0 Å². The second-order valence-electron chi connectivity index (χ2n) is 5.51. The minimum Gasteiger partial charge on any atom is -0.372 e. The number of nitrogens with two attached hydrogens (primary N) is 1. The van der Waals surface area contributed by atoms with Crippen molar-refractivity contribution < 1.29 is 0 Å². The summed E-state index contributed by atoms with van der Waals surface area (Å²) >= 11 is 0. The van der Waals surface area contributed by atoms with E-state index in [0.29, 0.717) is 0 Å². The molecule has 1 aromatic rings. The fourth-order valence-corrected chi connectivity index (χ4v) is 1.95. The number of anilines is 1. The molecule has 2 nitrogen and oxygen atoms in total. The van der Waals surface area contributed by atoms with Crippen LogP contribution in [0.5, 0.6) is 0 Å². The van der Waals surface area contributed by atoms with Crippen LogP contribution < -0.4 is 10.6 Å².